The van der Waals surface area contributed by atoms with Crippen LogP contribution in [0.25, 0.3) is 0 Å². The lowest BCUT2D eigenvalue weighted by atomic mass is 9.53. The van der Waals surface area contributed by atoms with Crippen molar-refractivity contribution in [2.45, 2.75) is 50.1 Å². The van der Waals surface area contributed by atoms with E-state index in [4.69, 9.17) is 4.42 Å². The van der Waals surface area contributed by atoms with Crippen LogP contribution in [0.5, 0.6) is 0 Å². The molecule has 1 heterocycles. The zero-order chi connectivity index (χ0) is 18.3. The maximum absolute atomic E-state index is 12.8. The van der Waals surface area contributed by atoms with Crippen LogP contribution in [0, 0.1) is 17.8 Å². The normalized spacial score (nSPS) is 32.4. The van der Waals surface area contributed by atoms with Crippen molar-refractivity contribution in [3.05, 3.63) is 60.1 Å². The molecule has 1 atom stereocenters. The van der Waals surface area contributed by atoms with Gasteiger partial charge in [0, 0.05) is 5.54 Å². The van der Waals surface area contributed by atoms with Crippen LogP contribution in [0.1, 0.15) is 55.9 Å². The molecule has 1 aromatic heterocycles. The molecule has 1 aromatic carbocycles. The van der Waals surface area contributed by atoms with Gasteiger partial charge < -0.3 is 9.73 Å². The molecule has 4 nitrogen and oxygen atoms in total. The molecule has 0 spiro atoms. The zero-order valence-electron chi connectivity index (χ0n) is 15.7. The lowest BCUT2D eigenvalue weighted by Crippen LogP contribution is -2.60. The van der Waals surface area contributed by atoms with E-state index in [9.17, 15) is 4.79 Å². The van der Waals surface area contributed by atoms with Crippen LogP contribution in [0.4, 0.5) is 0 Å². The van der Waals surface area contributed by atoms with Crippen molar-refractivity contribution in [1.29, 1.82) is 0 Å². The number of benzene rings is 1. The van der Waals surface area contributed by atoms with Gasteiger partial charge in [-0.3, -0.25) is 10.1 Å². The molecule has 0 unspecified atom stereocenters. The van der Waals surface area contributed by atoms with Gasteiger partial charge in [0.25, 0.3) is 0 Å². The molecule has 142 valence electrons. The summed E-state index contributed by atoms with van der Waals surface area (Å²) in [6.07, 6.45) is 9.41. The third-order valence-corrected chi connectivity index (χ3v) is 6.87. The van der Waals surface area contributed by atoms with Crippen molar-refractivity contribution in [2.75, 3.05) is 6.54 Å². The zero-order valence-corrected chi connectivity index (χ0v) is 15.7. The third kappa shape index (κ3) is 3.43. The molecule has 6 rings (SSSR count). The summed E-state index contributed by atoms with van der Waals surface area (Å²) in [5.41, 5.74) is 1.18. The first-order valence-electron chi connectivity index (χ1n) is 10.3. The Morgan fingerprint density at radius 1 is 1.00 bits per heavy atom. The van der Waals surface area contributed by atoms with Gasteiger partial charge in [-0.05, 0) is 74.0 Å². The molecule has 4 bridgehead atoms. The predicted octanol–water partition coefficient (Wildman–Crippen LogP) is 4.04. The van der Waals surface area contributed by atoms with Crippen LogP contribution < -0.4 is 10.6 Å². The van der Waals surface area contributed by atoms with Crippen molar-refractivity contribution in [1.82, 2.24) is 10.6 Å². The van der Waals surface area contributed by atoms with Crippen molar-refractivity contribution >= 4 is 5.91 Å². The maximum Gasteiger partial charge on any atom is 0.234 e. The number of carbonyl (C=O) groups excluding carboxylic acids is 1. The van der Waals surface area contributed by atoms with E-state index in [1.165, 1.54) is 38.5 Å². The molecular weight excluding hydrogens is 336 g/mol. The first-order chi connectivity index (χ1) is 13.2. The third-order valence-electron chi connectivity index (χ3n) is 6.87. The number of amides is 1. The average molecular weight is 364 g/mol. The van der Waals surface area contributed by atoms with Gasteiger partial charge in [-0.2, -0.15) is 0 Å². The largest absolute Gasteiger partial charge is 0.467 e. The fourth-order valence-corrected chi connectivity index (χ4v) is 6.28. The molecule has 0 radical (unpaired) electrons. The SMILES string of the molecule is O=C(CN[C@@H](c1ccccc1)c1ccco1)NC12CC3CC(CC(C3)C1)C2. The average Bonchev–Trinajstić information content (AvgIpc) is 3.15. The van der Waals surface area contributed by atoms with Crippen LogP contribution in [0.3, 0.4) is 0 Å². The van der Waals surface area contributed by atoms with E-state index in [1.54, 1.807) is 6.26 Å². The summed E-state index contributed by atoms with van der Waals surface area (Å²) in [5, 5.41) is 6.86. The van der Waals surface area contributed by atoms with E-state index >= 15 is 0 Å². The van der Waals surface area contributed by atoms with Gasteiger partial charge in [-0.1, -0.05) is 30.3 Å². The number of rotatable bonds is 6. The molecule has 4 aliphatic carbocycles. The molecule has 4 fully saturated rings. The number of nitrogens with one attached hydrogen (secondary N) is 2. The highest BCUT2D eigenvalue weighted by Crippen LogP contribution is 2.55. The van der Waals surface area contributed by atoms with Crippen LogP contribution >= 0.6 is 0 Å². The minimum absolute atomic E-state index is 0.0699. The van der Waals surface area contributed by atoms with Gasteiger partial charge in [0.05, 0.1) is 18.8 Å². The monoisotopic (exact) mass is 364 g/mol. The second kappa shape index (κ2) is 6.83. The van der Waals surface area contributed by atoms with Gasteiger partial charge in [0.2, 0.25) is 5.91 Å². The van der Waals surface area contributed by atoms with Gasteiger partial charge >= 0.3 is 0 Å². The molecule has 0 saturated heterocycles. The van der Waals surface area contributed by atoms with Crippen molar-refractivity contribution in [3.8, 4) is 0 Å². The van der Waals surface area contributed by atoms with Crippen LogP contribution in [-0.2, 0) is 4.79 Å². The molecule has 1 amide bonds. The summed E-state index contributed by atoms with van der Waals surface area (Å²) >= 11 is 0. The molecule has 2 N–H and O–H groups in total. The maximum atomic E-state index is 12.8. The van der Waals surface area contributed by atoms with E-state index in [1.807, 2.05) is 30.3 Å². The molecule has 0 aliphatic heterocycles. The number of furan rings is 1. The lowest BCUT2D eigenvalue weighted by Gasteiger charge is -2.56. The molecule has 4 saturated carbocycles. The van der Waals surface area contributed by atoms with E-state index in [0.29, 0.717) is 6.54 Å². The number of hydrogen-bond acceptors (Lipinski definition) is 3. The fraction of sp³-hybridized carbons (Fsp3) is 0.522. The van der Waals surface area contributed by atoms with Gasteiger partial charge in [0.15, 0.2) is 0 Å². The Morgan fingerprint density at radius 2 is 1.67 bits per heavy atom. The van der Waals surface area contributed by atoms with E-state index in [-0.39, 0.29) is 17.5 Å². The van der Waals surface area contributed by atoms with E-state index in [2.05, 4.69) is 22.8 Å². The Morgan fingerprint density at radius 3 is 2.26 bits per heavy atom. The summed E-state index contributed by atoms with van der Waals surface area (Å²) < 4.78 is 5.62. The molecule has 4 heteroatoms. The number of hydrogen-bond donors (Lipinski definition) is 2. The lowest BCUT2D eigenvalue weighted by molar-refractivity contribution is -0.126. The highest BCUT2D eigenvalue weighted by Gasteiger charge is 2.51. The van der Waals surface area contributed by atoms with Crippen LogP contribution in [-0.4, -0.2) is 18.0 Å². The Hall–Kier alpha value is -2.07. The van der Waals surface area contributed by atoms with Gasteiger partial charge in [-0.15, -0.1) is 0 Å². The Balaban J connectivity index is 1.25. The highest BCUT2D eigenvalue weighted by atomic mass is 16.3. The topological polar surface area (TPSA) is 54.3 Å². The fourth-order valence-electron chi connectivity index (χ4n) is 6.28. The second-order valence-electron chi connectivity index (χ2n) is 8.99. The Bertz CT molecular complexity index is 749. The summed E-state index contributed by atoms with van der Waals surface area (Å²) in [7, 11) is 0. The predicted molar refractivity (Wildman–Crippen MR) is 104 cm³/mol. The van der Waals surface area contributed by atoms with Crippen molar-refractivity contribution in [2.24, 2.45) is 17.8 Å². The van der Waals surface area contributed by atoms with Crippen LogP contribution in [0.15, 0.2) is 53.1 Å². The Labute approximate surface area is 160 Å². The van der Waals surface area contributed by atoms with Gasteiger partial charge in [-0.25, -0.2) is 0 Å². The van der Waals surface area contributed by atoms with E-state index in [0.717, 1.165) is 29.1 Å². The summed E-state index contributed by atoms with van der Waals surface area (Å²) in [6.45, 7) is 0.308. The van der Waals surface area contributed by atoms with Crippen molar-refractivity contribution < 1.29 is 9.21 Å². The quantitative estimate of drug-likeness (QED) is 0.813. The molecule has 27 heavy (non-hydrogen) atoms. The molecule has 2 aromatic rings. The Kier molecular flexibility index (Phi) is 4.31. The summed E-state index contributed by atoms with van der Waals surface area (Å²) in [4.78, 5) is 12.8. The first-order valence-corrected chi connectivity index (χ1v) is 10.3. The minimum Gasteiger partial charge on any atom is -0.467 e. The summed E-state index contributed by atoms with van der Waals surface area (Å²) in [5.74, 6) is 3.47. The highest BCUT2D eigenvalue weighted by molar-refractivity contribution is 5.79. The second-order valence-corrected chi connectivity index (χ2v) is 8.99. The van der Waals surface area contributed by atoms with Gasteiger partial charge in [0.1, 0.15) is 5.76 Å². The standard InChI is InChI=1S/C23H28N2O2/c26-21(25-23-12-16-9-17(13-23)11-18(10-16)14-23)15-24-22(20-7-4-8-27-20)19-5-2-1-3-6-19/h1-8,16-18,22,24H,9-15H2,(H,25,26)/t16?,17?,18?,22-,23?/m0/s1. The summed E-state index contributed by atoms with van der Waals surface area (Å²) in [6, 6.07) is 13.9. The smallest absolute Gasteiger partial charge is 0.234 e. The molecular formula is C23H28N2O2. The minimum atomic E-state index is -0.108. The number of carbonyl (C=O) groups is 1. The van der Waals surface area contributed by atoms with Crippen LogP contribution in [0.2, 0.25) is 0 Å². The van der Waals surface area contributed by atoms with E-state index < -0.39 is 0 Å². The molecule has 4 aliphatic rings. The first kappa shape index (κ1) is 17.1. The van der Waals surface area contributed by atoms with Crippen molar-refractivity contribution in [3.63, 3.8) is 0 Å².